The molecule has 0 radical (unpaired) electrons. The molecule has 2 aromatic carbocycles. The third kappa shape index (κ3) is 3.27. The first kappa shape index (κ1) is 15.5. The molecule has 0 bridgehead atoms. The molecule has 0 spiro atoms. The highest BCUT2D eigenvalue weighted by Gasteiger charge is 2.10. The lowest BCUT2D eigenvalue weighted by molar-refractivity contribution is 0.572. The molecule has 0 aliphatic rings. The van der Waals surface area contributed by atoms with Gasteiger partial charge in [-0.3, -0.25) is 5.10 Å². The van der Waals surface area contributed by atoms with Crippen molar-refractivity contribution >= 4 is 12.2 Å². The van der Waals surface area contributed by atoms with Crippen molar-refractivity contribution in [1.29, 1.82) is 0 Å². The van der Waals surface area contributed by atoms with E-state index in [9.17, 15) is 0 Å². The van der Waals surface area contributed by atoms with E-state index in [1.165, 1.54) is 5.56 Å². The summed E-state index contributed by atoms with van der Waals surface area (Å²) in [7, 11) is 0. The highest BCUT2D eigenvalue weighted by atomic mass is 32.1. The SMILES string of the molecule is Cc1cccc(Cn2nnc(-c3cc(=S)n(-c4ccccc4)[nH]3)n2)c1. The number of para-hydroxylation sites is 1. The van der Waals surface area contributed by atoms with E-state index in [1.807, 2.05) is 47.1 Å². The average Bonchev–Trinajstić information content (AvgIpc) is 3.22. The molecule has 0 saturated heterocycles. The maximum atomic E-state index is 5.43. The average molecular weight is 348 g/mol. The van der Waals surface area contributed by atoms with Gasteiger partial charge in [0.1, 0.15) is 10.3 Å². The fourth-order valence-corrected chi connectivity index (χ4v) is 2.94. The minimum absolute atomic E-state index is 0.522. The maximum Gasteiger partial charge on any atom is 0.222 e. The van der Waals surface area contributed by atoms with Crippen molar-refractivity contribution in [2.45, 2.75) is 13.5 Å². The number of nitrogens with one attached hydrogen (secondary N) is 1. The van der Waals surface area contributed by atoms with Crippen LogP contribution in [-0.2, 0) is 6.54 Å². The lowest BCUT2D eigenvalue weighted by Gasteiger charge is -2.01. The van der Waals surface area contributed by atoms with Crippen molar-refractivity contribution in [2.24, 2.45) is 0 Å². The van der Waals surface area contributed by atoms with Crippen LogP contribution in [0.25, 0.3) is 17.2 Å². The molecule has 0 aliphatic carbocycles. The van der Waals surface area contributed by atoms with Gasteiger partial charge >= 0.3 is 0 Å². The van der Waals surface area contributed by atoms with Crippen LogP contribution in [0.3, 0.4) is 0 Å². The van der Waals surface area contributed by atoms with Gasteiger partial charge in [-0.05, 0) is 29.8 Å². The molecule has 25 heavy (non-hydrogen) atoms. The second-order valence-corrected chi connectivity index (χ2v) is 6.23. The molecular formula is C18H16N6S. The molecule has 4 aromatic rings. The van der Waals surface area contributed by atoms with Crippen molar-refractivity contribution < 1.29 is 0 Å². The summed E-state index contributed by atoms with van der Waals surface area (Å²) in [5.74, 6) is 0.522. The predicted molar refractivity (Wildman–Crippen MR) is 98.0 cm³/mol. The monoisotopic (exact) mass is 348 g/mol. The predicted octanol–water partition coefficient (Wildman–Crippen LogP) is 3.55. The van der Waals surface area contributed by atoms with E-state index in [0.29, 0.717) is 17.0 Å². The molecule has 1 N–H and O–H groups in total. The van der Waals surface area contributed by atoms with E-state index in [1.54, 1.807) is 4.80 Å². The summed E-state index contributed by atoms with van der Waals surface area (Å²) in [5.41, 5.74) is 4.05. The van der Waals surface area contributed by atoms with Crippen LogP contribution in [0.2, 0.25) is 0 Å². The topological polar surface area (TPSA) is 64.3 Å². The lowest BCUT2D eigenvalue weighted by Crippen LogP contribution is -2.04. The number of aryl methyl sites for hydroxylation is 1. The number of benzene rings is 2. The summed E-state index contributed by atoms with van der Waals surface area (Å²) in [6.07, 6.45) is 0. The Morgan fingerprint density at radius 3 is 2.68 bits per heavy atom. The van der Waals surface area contributed by atoms with Crippen LogP contribution in [0.4, 0.5) is 0 Å². The molecule has 0 saturated carbocycles. The zero-order chi connectivity index (χ0) is 17.2. The highest BCUT2D eigenvalue weighted by Crippen LogP contribution is 2.16. The van der Waals surface area contributed by atoms with Crippen LogP contribution in [0.5, 0.6) is 0 Å². The van der Waals surface area contributed by atoms with E-state index >= 15 is 0 Å². The fourth-order valence-electron chi connectivity index (χ4n) is 2.67. The van der Waals surface area contributed by atoms with Gasteiger partial charge in [0.2, 0.25) is 5.82 Å². The summed E-state index contributed by atoms with van der Waals surface area (Å²) < 4.78 is 2.49. The molecule has 2 aromatic heterocycles. The maximum absolute atomic E-state index is 5.43. The second-order valence-electron chi connectivity index (χ2n) is 5.81. The molecule has 4 rings (SSSR count). The number of nitrogens with zero attached hydrogens (tertiary/aromatic N) is 5. The normalized spacial score (nSPS) is 10.9. The Morgan fingerprint density at radius 1 is 1.04 bits per heavy atom. The van der Waals surface area contributed by atoms with Gasteiger partial charge in [0.25, 0.3) is 0 Å². The summed E-state index contributed by atoms with van der Waals surface area (Å²) in [4.78, 5) is 1.58. The van der Waals surface area contributed by atoms with Crippen LogP contribution < -0.4 is 0 Å². The van der Waals surface area contributed by atoms with Crippen LogP contribution in [0, 0.1) is 11.6 Å². The number of aromatic nitrogens is 6. The molecule has 0 unspecified atom stereocenters. The quantitative estimate of drug-likeness (QED) is 0.573. The Balaban J connectivity index is 1.61. The minimum atomic E-state index is 0.522. The molecule has 7 heteroatoms. The molecule has 0 atom stereocenters. The van der Waals surface area contributed by atoms with Gasteiger partial charge in [0, 0.05) is 6.07 Å². The number of rotatable bonds is 4. The summed E-state index contributed by atoms with van der Waals surface area (Å²) in [6.45, 7) is 2.64. The standard InChI is InChI=1S/C18H16N6S/c1-13-6-5-7-14(10-13)12-23-21-18(19-22-23)16-11-17(25)24(20-16)15-8-3-2-4-9-15/h2-11,20H,12H2,1H3. The van der Waals surface area contributed by atoms with Gasteiger partial charge in [0.15, 0.2) is 0 Å². The summed E-state index contributed by atoms with van der Waals surface area (Å²) in [6, 6.07) is 20.0. The molecule has 2 heterocycles. The lowest BCUT2D eigenvalue weighted by atomic mass is 10.1. The molecule has 0 aliphatic heterocycles. The van der Waals surface area contributed by atoms with Crippen LogP contribution in [0.15, 0.2) is 60.7 Å². The van der Waals surface area contributed by atoms with Crippen LogP contribution >= 0.6 is 12.2 Å². The molecular weight excluding hydrogens is 332 g/mol. The zero-order valence-corrected chi connectivity index (χ0v) is 14.4. The first-order chi connectivity index (χ1) is 12.2. The minimum Gasteiger partial charge on any atom is -0.289 e. The Hall–Kier alpha value is -3.06. The van der Waals surface area contributed by atoms with Crippen molar-refractivity contribution in [3.8, 4) is 17.2 Å². The van der Waals surface area contributed by atoms with E-state index in [-0.39, 0.29) is 0 Å². The third-order valence-electron chi connectivity index (χ3n) is 3.84. The summed E-state index contributed by atoms with van der Waals surface area (Å²) in [5, 5.41) is 16.0. The molecule has 0 fully saturated rings. The van der Waals surface area contributed by atoms with Crippen molar-refractivity contribution in [3.63, 3.8) is 0 Å². The molecule has 6 nitrogen and oxygen atoms in total. The van der Waals surface area contributed by atoms with Crippen molar-refractivity contribution in [1.82, 2.24) is 30.0 Å². The first-order valence-electron chi connectivity index (χ1n) is 7.90. The van der Waals surface area contributed by atoms with E-state index < -0.39 is 0 Å². The first-order valence-corrected chi connectivity index (χ1v) is 8.31. The molecule has 124 valence electrons. The smallest absolute Gasteiger partial charge is 0.222 e. The molecule has 0 amide bonds. The number of hydrogen-bond donors (Lipinski definition) is 1. The van der Waals surface area contributed by atoms with E-state index in [4.69, 9.17) is 12.2 Å². The van der Waals surface area contributed by atoms with Gasteiger partial charge in [-0.25, -0.2) is 4.68 Å². The van der Waals surface area contributed by atoms with Crippen LogP contribution in [0.1, 0.15) is 11.1 Å². The second kappa shape index (κ2) is 6.45. The van der Waals surface area contributed by atoms with E-state index in [0.717, 1.165) is 16.9 Å². The van der Waals surface area contributed by atoms with Gasteiger partial charge in [0.05, 0.1) is 12.2 Å². The number of hydrogen-bond acceptors (Lipinski definition) is 4. The Labute approximate surface area is 149 Å². The van der Waals surface area contributed by atoms with Crippen LogP contribution in [-0.4, -0.2) is 30.0 Å². The van der Waals surface area contributed by atoms with E-state index in [2.05, 4.69) is 45.6 Å². The number of tetrazole rings is 1. The third-order valence-corrected chi connectivity index (χ3v) is 4.14. The largest absolute Gasteiger partial charge is 0.289 e. The Kier molecular flexibility index (Phi) is 3.99. The van der Waals surface area contributed by atoms with Gasteiger partial charge in [-0.2, -0.15) is 4.80 Å². The van der Waals surface area contributed by atoms with Crippen molar-refractivity contribution in [2.75, 3.05) is 0 Å². The Bertz CT molecular complexity index is 1060. The highest BCUT2D eigenvalue weighted by molar-refractivity contribution is 7.71. The fraction of sp³-hybridized carbons (Fsp3) is 0.111. The summed E-state index contributed by atoms with van der Waals surface area (Å²) >= 11 is 5.43. The Morgan fingerprint density at radius 2 is 1.88 bits per heavy atom. The number of H-pyrrole nitrogens is 1. The van der Waals surface area contributed by atoms with Gasteiger partial charge in [-0.15, -0.1) is 10.2 Å². The van der Waals surface area contributed by atoms with Gasteiger partial charge < -0.3 is 0 Å². The van der Waals surface area contributed by atoms with Gasteiger partial charge in [-0.1, -0.05) is 60.2 Å². The van der Waals surface area contributed by atoms with Crippen molar-refractivity contribution in [3.05, 3.63) is 76.4 Å². The zero-order valence-electron chi connectivity index (χ0n) is 13.6. The number of aromatic amines is 1.